The second kappa shape index (κ2) is 8.34. The SMILES string of the molecule is CCCNc1nc(C2CSCCO2)nc(CC(C)C)c1Br. The van der Waals surface area contributed by atoms with Gasteiger partial charge < -0.3 is 10.1 Å². The fraction of sp³-hybridized carbons (Fsp3) is 0.733. The molecule has 1 fully saturated rings. The second-order valence-corrected chi connectivity index (χ2v) is 7.59. The van der Waals surface area contributed by atoms with Crippen LogP contribution in [0.25, 0.3) is 0 Å². The van der Waals surface area contributed by atoms with Crippen LogP contribution in [0.1, 0.15) is 44.8 Å². The van der Waals surface area contributed by atoms with Crippen LogP contribution in [-0.4, -0.2) is 34.6 Å². The topological polar surface area (TPSA) is 47.0 Å². The molecule has 0 saturated carbocycles. The van der Waals surface area contributed by atoms with Gasteiger partial charge in [0.15, 0.2) is 5.82 Å². The van der Waals surface area contributed by atoms with Crippen LogP contribution in [0.2, 0.25) is 0 Å². The predicted molar refractivity (Wildman–Crippen MR) is 93.1 cm³/mol. The Bertz CT molecular complexity index is 464. The Kier molecular flexibility index (Phi) is 6.76. The van der Waals surface area contributed by atoms with E-state index in [2.05, 4.69) is 42.0 Å². The van der Waals surface area contributed by atoms with Crippen molar-refractivity contribution in [2.45, 2.75) is 39.7 Å². The van der Waals surface area contributed by atoms with E-state index in [-0.39, 0.29) is 6.10 Å². The molecule has 1 aliphatic heterocycles. The van der Waals surface area contributed by atoms with Gasteiger partial charge in [0, 0.05) is 18.1 Å². The molecule has 2 rings (SSSR count). The highest BCUT2D eigenvalue weighted by atomic mass is 79.9. The minimum atomic E-state index is 0.0185. The lowest BCUT2D eigenvalue weighted by atomic mass is 10.1. The highest BCUT2D eigenvalue weighted by Gasteiger charge is 2.22. The summed E-state index contributed by atoms with van der Waals surface area (Å²) in [6.45, 7) is 8.27. The highest BCUT2D eigenvalue weighted by molar-refractivity contribution is 9.10. The summed E-state index contributed by atoms with van der Waals surface area (Å²) in [6, 6.07) is 0. The third kappa shape index (κ3) is 4.83. The van der Waals surface area contributed by atoms with E-state index >= 15 is 0 Å². The molecule has 118 valence electrons. The number of rotatable bonds is 6. The van der Waals surface area contributed by atoms with Gasteiger partial charge in [-0.1, -0.05) is 20.8 Å². The number of hydrogen-bond acceptors (Lipinski definition) is 5. The van der Waals surface area contributed by atoms with E-state index in [9.17, 15) is 0 Å². The highest BCUT2D eigenvalue weighted by Crippen LogP contribution is 2.30. The quantitative estimate of drug-likeness (QED) is 0.814. The molecule has 0 aliphatic carbocycles. The zero-order chi connectivity index (χ0) is 15.2. The molecule has 0 amide bonds. The summed E-state index contributed by atoms with van der Waals surface area (Å²) >= 11 is 5.57. The summed E-state index contributed by atoms with van der Waals surface area (Å²) in [5.74, 6) is 4.28. The van der Waals surface area contributed by atoms with Crippen LogP contribution in [-0.2, 0) is 11.2 Å². The maximum Gasteiger partial charge on any atom is 0.160 e. The number of halogens is 1. The van der Waals surface area contributed by atoms with Gasteiger partial charge in [0.25, 0.3) is 0 Å². The fourth-order valence-corrected chi connectivity index (χ4v) is 3.50. The minimum Gasteiger partial charge on any atom is -0.369 e. The van der Waals surface area contributed by atoms with Crippen molar-refractivity contribution in [1.29, 1.82) is 0 Å². The summed E-state index contributed by atoms with van der Waals surface area (Å²) in [5.41, 5.74) is 1.08. The number of anilines is 1. The van der Waals surface area contributed by atoms with Gasteiger partial charge in [0.05, 0.1) is 16.8 Å². The normalized spacial score (nSPS) is 19.0. The van der Waals surface area contributed by atoms with E-state index in [1.54, 1.807) is 0 Å². The lowest BCUT2D eigenvalue weighted by molar-refractivity contribution is 0.0693. The van der Waals surface area contributed by atoms with Crippen molar-refractivity contribution in [3.63, 3.8) is 0 Å². The molecule has 4 nitrogen and oxygen atoms in total. The Labute approximate surface area is 140 Å². The molecule has 1 aromatic heterocycles. The summed E-state index contributed by atoms with van der Waals surface area (Å²) in [6.07, 6.45) is 2.03. The standard InChI is InChI=1S/C15H24BrN3OS/c1-4-5-17-15-13(16)11(8-10(2)3)18-14(19-15)12-9-21-7-6-20-12/h10,12H,4-9H2,1-3H3,(H,17,18,19). The molecule has 1 atom stereocenters. The molecular weight excluding hydrogens is 350 g/mol. The lowest BCUT2D eigenvalue weighted by Crippen LogP contribution is -2.20. The molecule has 6 heteroatoms. The third-order valence-electron chi connectivity index (χ3n) is 3.19. The molecule has 1 aliphatic rings. The minimum absolute atomic E-state index is 0.0185. The van der Waals surface area contributed by atoms with Crippen molar-refractivity contribution in [3.8, 4) is 0 Å². The fourth-order valence-electron chi connectivity index (χ4n) is 2.18. The second-order valence-electron chi connectivity index (χ2n) is 5.65. The zero-order valence-corrected chi connectivity index (χ0v) is 15.4. The van der Waals surface area contributed by atoms with Crippen molar-refractivity contribution in [1.82, 2.24) is 9.97 Å². The molecule has 21 heavy (non-hydrogen) atoms. The van der Waals surface area contributed by atoms with Crippen LogP contribution < -0.4 is 5.32 Å². The summed E-state index contributed by atoms with van der Waals surface area (Å²) < 4.78 is 6.83. The van der Waals surface area contributed by atoms with Gasteiger partial charge in [-0.05, 0) is 34.7 Å². The summed E-state index contributed by atoms with van der Waals surface area (Å²) in [4.78, 5) is 9.46. The first-order valence-corrected chi connectivity index (χ1v) is 9.56. The van der Waals surface area contributed by atoms with Gasteiger partial charge in [-0.2, -0.15) is 11.8 Å². The van der Waals surface area contributed by atoms with Crippen LogP contribution in [0.15, 0.2) is 4.47 Å². The van der Waals surface area contributed by atoms with E-state index in [0.29, 0.717) is 5.92 Å². The molecule has 1 saturated heterocycles. The van der Waals surface area contributed by atoms with Crippen LogP contribution in [0.5, 0.6) is 0 Å². The lowest BCUT2D eigenvalue weighted by Gasteiger charge is -2.23. The molecule has 0 aromatic carbocycles. The number of nitrogens with one attached hydrogen (secondary N) is 1. The summed E-state index contributed by atoms with van der Waals surface area (Å²) in [5, 5.41) is 3.40. The molecule has 2 heterocycles. The van der Waals surface area contributed by atoms with E-state index in [1.807, 2.05) is 11.8 Å². The Balaban J connectivity index is 2.29. The molecular formula is C15H24BrN3OS. The smallest absolute Gasteiger partial charge is 0.160 e. The number of nitrogens with zero attached hydrogens (tertiary/aromatic N) is 2. The van der Waals surface area contributed by atoms with Crippen LogP contribution >= 0.6 is 27.7 Å². The predicted octanol–water partition coefficient (Wildman–Crippen LogP) is 4.06. The molecule has 0 radical (unpaired) electrons. The third-order valence-corrected chi connectivity index (χ3v) is 5.01. The average Bonchev–Trinajstić information content (AvgIpc) is 2.48. The first kappa shape index (κ1) is 17.0. The maximum absolute atomic E-state index is 5.83. The van der Waals surface area contributed by atoms with E-state index < -0.39 is 0 Å². The van der Waals surface area contributed by atoms with Gasteiger partial charge >= 0.3 is 0 Å². The number of hydrogen-bond donors (Lipinski definition) is 1. The van der Waals surface area contributed by atoms with Crippen LogP contribution in [0.4, 0.5) is 5.82 Å². The molecule has 0 spiro atoms. The van der Waals surface area contributed by atoms with Gasteiger partial charge in [0.1, 0.15) is 11.9 Å². The van der Waals surface area contributed by atoms with E-state index in [0.717, 1.165) is 59.3 Å². The molecule has 1 aromatic rings. The number of aromatic nitrogens is 2. The maximum atomic E-state index is 5.83. The van der Waals surface area contributed by atoms with E-state index in [4.69, 9.17) is 14.7 Å². The Morgan fingerprint density at radius 1 is 1.43 bits per heavy atom. The van der Waals surface area contributed by atoms with Crippen molar-refractivity contribution < 1.29 is 4.74 Å². The first-order chi connectivity index (χ1) is 10.1. The van der Waals surface area contributed by atoms with Gasteiger partial charge in [-0.25, -0.2) is 9.97 Å². The molecule has 0 bridgehead atoms. The first-order valence-electron chi connectivity index (χ1n) is 7.61. The van der Waals surface area contributed by atoms with Crippen molar-refractivity contribution in [2.75, 3.05) is 30.0 Å². The Hall–Kier alpha value is -0.330. The van der Waals surface area contributed by atoms with Gasteiger partial charge in [0.2, 0.25) is 0 Å². The Morgan fingerprint density at radius 2 is 2.24 bits per heavy atom. The number of thioether (sulfide) groups is 1. The van der Waals surface area contributed by atoms with Crippen molar-refractivity contribution >= 4 is 33.5 Å². The van der Waals surface area contributed by atoms with Gasteiger partial charge in [-0.3, -0.25) is 0 Å². The zero-order valence-electron chi connectivity index (χ0n) is 13.0. The van der Waals surface area contributed by atoms with E-state index in [1.165, 1.54) is 0 Å². The number of ether oxygens (including phenoxy) is 1. The van der Waals surface area contributed by atoms with Crippen molar-refractivity contribution in [2.24, 2.45) is 5.92 Å². The van der Waals surface area contributed by atoms with Gasteiger partial charge in [-0.15, -0.1) is 0 Å². The largest absolute Gasteiger partial charge is 0.369 e. The summed E-state index contributed by atoms with van der Waals surface area (Å²) in [7, 11) is 0. The average molecular weight is 374 g/mol. The monoisotopic (exact) mass is 373 g/mol. The molecule has 1 unspecified atom stereocenters. The Morgan fingerprint density at radius 3 is 2.86 bits per heavy atom. The van der Waals surface area contributed by atoms with Crippen LogP contribution in [0, 0.1) is 5.92 Å². The molecule has 1 N–H and O–H groups in total. The van der Waals surface area contributed by atoms with Crippen molar-refractivity contribution in [3.05, 3.63) is 16.0 Å². The van der Waals surface area contributed by atoms with Crippen LogP contribution in [0.3, 0.4) is 0 Å².